The molecule has 0 aliphatic rings. The van der Waals surface area contributed by atoms with Crippen LogP contribution in [-0.4, -0.2) is 7.11 Å². The van der Waals surface area contributed by atoms with Crippen LogP contribution in [0.15, 0.2) is 42.5 Å². The van der Waals surface area contributed by atoms with E-state index in [1.807, 2.05) is 36.4 Å². The van der Waals surface area contributed by atoms with Crippen molar-refractivity contribution in [1.82, 2.24) is 5.32 Å². The average molecular weight is 310 g/mol. The maximum Gasteiger partial charge on any atom is 0.118 e. The minimum atomic E-state index is 0.155. The highest BCUT2D eigenvalue weighted by Crippen LogP contribution is 2.26. The molecule has 2 aromatic carbocycles. The minimum absolute atomic E-state index is 0.155. The van der Waals surface area contributed by atoms with E-state index in [-0.39, 0.29) is 6.04 Å². The summed E-state index contributed by atoms with van der Waals surface area (Å²) in [4.78, 5) is 0. The molecule has 0 aromatic heterocycles. The fourth-order valence-electron chi connectivity index (χ4n) is 1.98. The highest BCUT2D eigenvalue weighted by molar-refractivity contribution is 6.35. The van der Waals surface area contributed by atoms with Gasteiger partial charge in [0.05, 0.1) is 7.11 Å². The van der Waals surface area contributed by atoms with Gasteiger partial charge < -0.3 is 10.1 Å². The number of hydrogen-bond donors (Lipinski definition) is 1. The lowest BCUT2D eigenvalue weighted by molar-refractivity contribution is 0.414. The molecule has 2 nitrogen and oxygen atoms in total. The SMILES string of the molecule is COc1ccc(CNC(C)c2ccc(Cl)cc2Cl)cc1. The van der Waals surface area contributed by atoms with Crippen molar-refractivity contribution < 1.29 is 4.74 Å². The second kappa shape index (κ2) is 6.98. The molecule has 20 heavy (non-hydrogen) atoms. The standard InChI is InChI=1S/C16H17Cl2NO/c1-11(15-8-5-13(17)9-16(15)18)19-10-12-3-6-14(20-2)7-4-12/h3-9,11,19H,10H2,1-2H3. The van der Waals surface area contributed by atoms with E-state index < -0.39 is 0 Å². The summed E-state index contributed by atoms with van der Waals surface area (Å²) >= 11 is 12.1. The molecule has 2 rings (SSSR count). The Balaban J connectivity index is 1.98. The summed E-state index contributed by atoms with van der Waals surface area (Å²) in [5.74, 6) is 0.863. The van der Waals surface area contributed by atoms with Crippen LogP contribution in [0, 0.1) is 0 Å². The highest BCUT2D eigenvalue weighted by Gasteiger charge is 2.09. The van der Waals surface area contributed by atoms with Crippen molar-refractivity contribution in [1.29, 1.82) is 0 Å². The number of ether oxygens (including phenoxy) is 1. The quantitative estimate of drug-likeness (QED) is 0.852. The molecule has 0 saturated carbocycles. The maximum atomic E-state index is 6.20. The first kappa shape index (κ1) is 15.2. The van der Waals surface area contributed by atoms with E-state index in [2.05, 4.69) is 12.2 Å². The smallest absolute Gasteiger partial charge is 0.118 e. The van der Waals surface area contributed by atoms with E-state index in [0.29, 0.717) is 10.0 Å². The summed E-state index contributed by atoms with van der Waals surface area (Å²) in [6.45, 7) is 2.85. The van der Waals surface area contributed by atoms with Gasteiger partial charge in [-0.2, -0.15) is 0 Å². The van der Waals surface area contributed by atoms with Gasteiger partial charge in [-0.3, -0.25) is 0 Å². The van der Waals surface area contributed by atoms with Crippen LogP contribution in [0.1, 0.15) is 24.1 Å². The number of benzene rings is 2. The number of halogens is 2. The molecule has 4 heteroatoms. The molecule has 1 atom stereocenters. The van der Waals surface area contributed by atoms with Gasteiger partial charge in [-0.05, 0) is 42.3 Å². The van der Waals surface area contributed by atoms with Crippen LogP contribution in [-0.2, 0) is 6.54 Å². The van der Waals surface area contributed by atoms with E-state index in [4.69, 9.17) is 27.9 Å². The lowest BCUT2D eigenvalue weighted by Gasteiger charge is -2.16. The van der Waals surface area contributed by atoms with E-state index in [9.17, 15) is 0 Å². The predicted octanol–water partition coefficient (Wildman–Crippen LogP) is 4.85. The van der Waals surface area contributed by atoms with Crippen LogP contribution in [0.2, 0.25) is 10.0 Å². The molecule has 0 radical (unpaired) electrons. The monoisotopic (exact) mass is 309 g/mol. The summed E-state index contributed by atoms with van der Waals surface area (Å²) < 4.78 is 5.14. The van der Waals surface area contributed by atoms with E-state index in [1.54, 1.807) is 13.2 Å². The Bertz CT molecular complexity index is 569. The van der Waals surface area contributed by atoms with Crippen molar-refractivity contribution in [2.24, 2.45) is 0 Å². The van der Waals surface area contributed by atoms with Gasteiger partial charge in [-0.25, -0.2) is 0 Å². The molecular weight excluding hydrogens is 293 g/mol. The van der Waals surface area contributed by atoms with Crippen LogP contribution in [0.25, 0.3) is 0 Å². The Labute approximate surface area is 129 Å². The Morgan fingerprint density at radius 1 is 1.10 bits per heavy atom. The van der Waals surface area contributed by atoms with E-state index >= 15 is 0 Å². The normalized spacial score (nSPS) is 12.2. The predicted molar refractivity (Wildman–Crippen MR) is 84.7 cm³/mol. The molecule has 1 unspecified atom stereocenters. The zero-order valence-corrected chi connectivity index (χ0v) is 13.0. The summed E-state index contributed by atoms with van der Waals surface area (Å²) in [6, 6.07) is 13.7. The van der Waals surface area contributed by atoms with Gasteiger partial charge in [0.2, 0.25) is 0 Å². The third kappa shape index (κ3) is 3.89. The van der Waals surface area contributed by atoms with Crippen molar-refractivity contribution in [2.75, 3.05) is 7.11 Å². The Kier molecular flexibility index (Phi) is 5.30. The topological polar surface area (TPSA) is 21.3 Å². The Hall–Kier alpha value is -1.22. The first-order valence-electron chi connectivity index (χ1n) is 6.41. The minimum Gasteiger partial charge on any atom is -0.497 e. The molecule has 0 amide bonds. The molecule has 2 aromatic rings. The van der Waals surface area contributed by atoms with E-state index in [0.717, 1.165) is 17.9 Å². The number of methoxy groups -OCH3 is 1. The van der Waals surface area contributed by atoms with Gasteiger partial charge in [0, 0.05) is 22.6 Å². The second-order valence-electron chi connectivity index (χ2n) is 4.62. The van der Waals surface area contributed by atoms with Gasteiger partial charge in [0.15, 0.2) is 0 Å². The van der Waals surface area contributed by atoms with Crippen molar-refractivity contribution >= 4 is 23.2 Å². The first-order valence-corrected chi connectivity index (χ1v) is 7.17. The Morgan fingerprint density at radius 3 is 2.40 bits per heavy atom. The Morgan fingerprint density at radius 2 is 1.80 bits per heavy atom. The molecule has 0 aliphatic carbocycles. The number of rotatable bonds is 5. The molecule has 0 spiro atoms. The van der Waals surface area contributed by atoms with Crippen molar-refractivity contribution in [3.8, 4) is 5.75 Å². The zero-order chi connectivity index (χ0) is 14.5. The highest BCUT2D eigenvalue weighted by atomic mass is 35.5. The molecule has 0 fully saturated rings. The molecule has 0 heterocycles. The van der Waals surface area contributed by atoms with Crippen LogP contribution < -0.4 is 10.1 Å². The second-order valence-corrected chi connectivity index (χ2v) is 5.46. The number of hydrogen-bond acceptors (Lipinski definition) is 2. The summed E-state index contributed by atoms with van der Waals surface area (Å²) in [7, 11) is 1.66. The summed E-state index contributed by atoms with van der Waals surface area (Å²) in [5, 5.41) is 4.79. The van der Waals surface area contributed by atoms with Gasteiger partial charge >= 0.3 is 0 Å². The molecule has 0 aliphatic heterocycles. The average Bonchev–Trinajstić information content (AvgIpc) is 2.45. The van der Waals surface area contributed by atoms with Gasteiger partial charge in [0.1, 0.15) is 5.75 Å². The summed E-state index contributed by atoms with van der Waals surface area (Å²) in [5.41, 5.74) is 2.24. The molecule has 0 saturated heterocycles. The van der Waals surface area contributed by atoms with Crippen LogP contribution >= 0.6 is 23.2 Å². The van der Waals surface area contributed by atoms with E-state index in [1.165, 1.54) is 5.56 Å². The summed E-state index contributed by atoms with van der Waals surface area (Å²) in [6.07, 6.45) is 0. The van der Waals surface area contributed by atoms with Crippen LogP contribution in [0.5, 0.6) is 5.75 Å². The fourth-order valence-corrected chi connectivity index (χ4v) is 2.55. The first-order chi connectivity index (χ1) is 9.60. The third-order valence-corrected chi connectivity index (χ3v) is 3.76. The largest absolute Gasteiger partial charge is 0.497 e. The van der Waals surface area contributed by atoms with Crippen molar-refractivity contribution in [3.05, 3.63) is 63.6 Å². The van der Waals surface area contributed by atoms with Gasteiger partial charge in [-0.1, -0.05) is 41.4 Å². The lowest BCUT2D eigenvalue weighted by atomic mass is 10.1. The molecule has 0 bridgehead atoms. The van der Waals surface area contributed by atoms with Crippen LogP contribution in [0.4, 0.5) is 0 Å². The molecule has 1 N–H and O–H groups in total. The molecular formula is C16H17Cl2NO. The molecule has 106 valence electrons. The third-order valence-electron chi connectivity index (χ3n) is 3.20. The van der Waals surface area contributed by atoms with Crippen molar-refractivity contribution in [3.63, 3.8) is 0 Å². The van der Waals surface area contributed by atoms with Crippen molar-refractivity contribution in [2.45, 2.75) is 19.5 Å². The van der Waals surface area contributed by atoms with Crippen LogP contribution in [0.3, 0.4) is 0 Å². The van der Waals surface area contributed by atoms with Gasteiger partial charge in [0.25, 0.3) is 0 Å². The van der Waals surface area contributed by atoms with Gasteiger partial charge in [-0.15, -0.1) is 0 Å². The number of nitrogens with one attached hydrogen (secondary N) is 1. The lowest BCUT2D eigenvalue weighted by Crippen LogP contribution is -2.18. The maximum absolute atomic E-state index is 6.20. The fraction of sp³-hybridized carbons (Fsp3) is 0.250. The zero-order valence-electron chi connectivity index (χ0n) is 11.5.